The van der Waals surface area contributed by atoms with Gasteiger partial charge in [-0.2, -0.15) is 5.10 Å². The Morgan fingerprint density at radius 3 is 2.67 bits per heavy atom. The van der Waals surface area contributed by atoms with Gasteiger partial charge in [-0.15, -0.1) is 0 Å². The van der Waals surface area contributed by atoms with E-state index in [0.29, 0.717) is 23.7 Å². The highest BCUT2D eigenvalue weighted by atomic mass is 16.5. The fraction of sp³-hybridized carbons (Fsp3) is 0.263. The van der Waals surface area contributed by atoms with Crippen molar-refractivity contribution in [3.05, 3.63) is 59.7 Å². The first-order valence-corrected chi connectivity index (χ1v) is 7.90. The van der Waals surface area contributed by atoms with Gasteiger partial charge in [0.05, 0.1) is 12.8 Å². The number of rotatable bonds is 7. The van der Waals surface area contributed by atoms with Gasteiger partial charge in [-0.25, -0.2) is 5.43 Å². The van der Waals surface area contributed by atoms with Gasteiger partial charge in [0.15, 0.2) is 0 Å². The molecule has 2 rings (SSSR count). The second kappa shape index (κ2) is 8.72. The average Bonchev–Trinajstić information content (AvgIpc) is 2.55. The van der Waals surface area contributed by atoms with Crippen LogP contribution < -0.4 is 10.2 Å². The number of carbonyl (C=O) groups is 1. The van der Waals surface area contributed by atoms with E-state index in [0.717, 1.165) is 12.2 Å². The number of ether oxygens (including phenoxy) is 1. The Morgan fingerprint density at radius 2 is 2.00 bits per heavy atom. The van der Waals surface area contributed by atoms with E-state index in [1.165, 1.54) is 6.21 Å². The molecule has 0 saturated carbocycles. The van der Waals surface area contributed by atoms with Crippen molar-refractivity contribution in [2.45, 2.75) is 20.3 Å². The summed E-state index contributed by atoms with van der Waals surface area (Å²) in [7, 11) is 0. The van der Waals surface area contributed by atoms with Gasteiger partial charge in [-0.1, -0.05) is 26.0 Å². The van der Waals surface area contributed by atoms with Crippen molar-refractivity contribution < 1.29 is 14.6 Å². The molecule has 0 fully saturated rings. The number of phenolic OH excluding ortho intramolecular Hbond substituents is 1. The van der Waals surface area contributed by atoms with Crippen LogP contribution in [0.1, 0.15) is 36.2 Å². The predicted octanol–water partition coefficient (Wildman–Crippen LogP) is 3.58. The molecule has 2 aromatic rings. The highest BCUT2D eigenvalue weighted by molar-refractivity contribution is 5.95. The fourth-order valence-corrected chi connectivity index (χ4v) is 1.95. The summed E-state index contributed by atoms with van der Waals surface area (Å²) in [4.78, 5) is 12.0. The first-order chi connectivity index (χ1) is 11.5. The van der Waals surface area contributed by atoms with Crippen LogP contribution in [0.4, 0.5) is 0 Å². The molecular weight excluding hydrogens is 304 g/mol. The maximum atomic E-state index is 12.0. The van der Waals surface area contributed by atoms with Gasteiger partial charge in [-0.05, 0) is 54.3 Å². The molecule has 0 aliphatic carbocycles. The third kappa shape index (κ3) is 5.76. The van der Waals surface area contributed by atoms with Crippen LogP contribution in [0.3, 0.4) is 0 Å². The monoisotopic (exact) mass is 326 g/mol. The lowest BCUT2D eigenvalue weighted by Gasteiger charge is -2.08. The second-order valence-corrected chi connectivity index (χ2v) is 5.85. The van der Waals surface area contributed by atoms with E-state index in [-0.39, 0.29) is 11.7 Å². The summed E-state index contributed by atoms with van der Waals surface area (Å²) < 4.78 is 5.62. The number of aromatic hydroxyl groups is 1. The quantitative estimate of drug-likeness (QED) is 0.603. The second-order valence-electron chi connectivity index (χ2n) is 5.85. The van der Waals surface area contributed by atoms with Crippen LogP contribution in [-0.4, -0.2) is 23.8 Å². The van der Waals surface area contributed by atoms with Crippen molar-refractivity contribution in [1.82, 2.24) is 5.43 Å². The first kappa shape index (κ1) is 17.5. The van der Waals surface area contributed by atoms with Crippen molar-refractivity contribution in [3.63, 3.8) is 0 Å². The minimum atomic E-state index is -0.305. The molecule has 0 heterocycles. The van der Waals surface area contributed by atoms with Crippen molar-refractivity contribution in [3.8, 4) is 11.5 Å². The van der Waals surface area contributed by atoms with Gasteiger partial charge in [-0.3, -0.25) is 4.79 Å². The van der Waals surface area contributed by atoms with E-state index in [2.05, 4.69) is 24.4 Å². The van der Waals surface area contributed by atoms with Crippen molar-refractivity contribution in [1.29, 1.82) is 0 Å². The molecule has 0 saturated heterocycles. The third-order valence-electron chi connectivity index (χ3n) is 3.33. The Labute approximate surface area is 142 Å². The van der Waals surface area contributed by atoms with E-state index in [1.807, 2.05) is 0 Å². The van der Waals surface area contributed by atoms with Crippen molar-refractivity contribution in [2.24, 2.45) is 11.0 Å². The summed E-state index contributed by atoms with van der Waals surface area (Å²) in [5, 5.41) is 13.2. The Bertz CT molecular complexity index is 694. The van der Waals surface area contributed by atoms with Crippen molar-refractivity contribution >= 4 is 12.1 Å². The molecule has 2 aromatic carbocycles. The number of nitrogens with one attached hydrogen (secondary N) is 1. The molecule has 1 amide bonds. The molecular formula is C19H22N2O3. The molecule has 5 heteroatoms. The smallest absolute Gasteiger partial charge is 0.271 e. The lowest BCUT2D eigenvalue weighted by atomic mass is 10.1. The van der Waals surface area contributed by atoms with E-state index >= 15 is 0 Å². The van der Waals surface area contributed by atoms with Gasteiger partial charge >= 0.3 is 0 Å². The summed E-state index contributed by atoms with van der Waals surface area (Å²) in [5.41, 5.74) is 3.65. The number of hydrogen-bond acceptors (Lipinski definition) is 4. The SMILES string of the molecule is CC(C)CCOc1ccc(C(=O)N/N=C/c2cccc(O)c2)cc1. The zero-order chi connectivity index (χ0) is 17.4. The molecule has 0 unspecified atom stereocenters. The molecule has 0 aliphatic heterocycles. The number of phenols is 1. The normalized spacial score (nSPS) is 11.0. The van der Waals surface area contributed by atoms with Gasteiger partial charge in [0.1, 0.15) is 11.5 Å². The minimum Gasteiger partial charge on any atom is -0.508 e. The topological polar surface area (TPSA) is 70.9 Å². The molecule has 0 radical (unpaired) electrons. The summed E-state index contributed by atoms with van der Waals surface area (Å²) in [6, 6.07) is 13.5. The summed E-state index contributed by atoms with van der Waals surface area (Å²) >= 11 is 0. The Hall–Kier alpha value is -2.82. The molecule has 0 aliphatic rings. The molecule has 5 nitrogen and oxygen atoms in total. The zero-order valence-corrected chi connectivity index (χ0v) is 13.9. The third-order valence-corrected chi connectivity index (χ3v) is 3.33. The highest BCUT2D eigenvalue weighted by Crippen LogP contribution is 2.13. The summed E-state index contributed by atoms with van der Waals surface area (Å²) in [6.45, 7) is 4.96. The highest BCUT2D eigenvalue weighted by Gasteiger charge is 2.04. The number of nitrogens with zero attached hydrogens (tertiary/aromatic N) is 1. The van der Waals surface area contributed by atoms with Gasteiger partial charge in [0.25, 0.3) is 5.91 Å². The Balaban J connectivity index is 1.86. The van der Waals surface area contributed by atoms with Crippen LogP contribution in [0.15, 0.2) is 53.6 Å². The fourth-order valence-electron chi connectivity index (χ4n) is 1.95. The van der Waals surface area contributed by atoms with Crippen molar-refractivity contribution in [2.75, 3.05) is 6.61 Å². The van der Waals surface area contributed by atoms with Gasteiger partial charge < -0.3 is 9.84 Å². The average molecular weight is 326 g/mol. The minimum absolute atomic E-state index is 0.151. The maximum Gasteiger partial charge on any atom is 0.271 e. The lowest BCUT2D eigenvalue weighted by molar-refractivity contribution is 0.0955. The summed E-state index contributed by atoms with van der Waals surface area (Å²) in [6.07, 6.45) is 2.47. The molecule has 0 spiro atoms. The summed E-state index contributed by atoms with van der Waals surface area (Å²) in [5.74, 6) is 1.19. The van der Waals surface area contributed by atoms with Gasteiger partial charge in [0, 0.05) is 5.56 Å². The Kier molecular flexibility index (Phi) is 6.37. The predicted molar refractivity (Wildman–Crippen MR) is 94.6 cm³/mol. The first-order valence-electron chi connectivity index (χ1n) is 7.90. The van der Waals surface area contributed by atoms with Crippen LogP contribution >= 0.6 is 0 Å². The largest absolute Gasteiger partial charge is 0.508 e. The van der Waals surface area contributed by atoms with Crippen LogP contribution in [0, 0.1) is 5.92 Å². The van der Waals surface area contributed by atoms with Crippen LogP contribution in [0.25, 0.3) is 0 Å². The van der Waals surface area contributed by atoms with E-state index in [4.69, 9.17) is 4.74 Å². The molecule has 24 heavy (non-hydrogen) atoms. The molecule has 0 atom stereocenters. The van der Waals surface area contributed by atoms with E-state index < -0.39 is 0 Å². The van der Waals surface area contributed by atoms with Crippen LogP contribution in [0.5, 0.6) is 11.5 Å². The zero-order valence-electron chi connectivity index (χ0n) is 13.9. The van der Waals surface area contributed by atoms with E-state index in [9.17, 15) is 9.90 Å². The molecule has 2 N–H and O–H groups in total. The number of hydrogen-bond donors (Lipinski definition) is 2. The maximum absolute atomic E-state index is 12.0. The molecule has 126 valence electrons. The van der Waals surface area contributed by atoms with Gasteiger partial charge in [0.2, 0.25) is 0 Å². The molecule has 0 bridgehead atoms. The van der Waals surface area contributed by atoms with Crippen LogP contribution in [-0.2, 0) is 0 Å². The lowest BCUT2D eigenvalue weighted by Crippen LogP contribution is -2.17. The standard InChI is InChI=1S/C19H22N2O3/c1-14(2)10-11-24-18-8-6-16(7-9-18)19(23)21-20-13-15-4-3-5-17(22)12-15/h3-9,12-14,22H,10-11H2,1-2H3,(H,21,23)/b20-13+. The van der Waals surface area contributed by atoms with Crippen LogP contribution in [0.2, 0.25) is 0 Å². The number of hydrazone groups is 1. The number of amides is 1. The van der Waals surface area contributed by atoms with E-state index in [1.54, 1.807) is 48.5 Å². The Morgan fingerprint density at radius 1 is 1.25 bits per heavy atom. The number of carbonyl (C=O) groups excluding carboxylic acids is 1. The molecule has 0 aromatic heterocycles. The number of benzene rings is 2.